The predicted molar refractivity (Wildman–Crippen MR) is 105 cm³/mol. The highest BCUT2D eigenvalue weighted by Gasteiger charge is 1.99. The van der Waals surface area contributed by atoms with Crippen LogP contribution in [0.25, 0.3) is 0 Å². The molecule has 0 atom stereocenters. The van der Waals surface area contributed by atoms with Gasteiger partial charge in [-0.2, -0.15) is 0 Å². The number of unbranched alkanes of at least 4 members (excludes halogenated alkanes) is 3. The quantitative estimate of drug-likeness (QED) is 0.503. The van der Waals surface area contributed by atoms with E-state index in [0.29, 0.717) is 0 Å². The zero-order valence-electron chi connectivity index (χ0n) is 14.4. The molecule has 0 aliphatic rings. The molecule has 2 aromatic rings. The van der Waals surface area contributed by atoms with Crippen LogP contribution in [-0.2, 0) is 0 Å². The van der Waals surface area contributed by atoms with Gasteiger partial charge in [-0.1, -0.05) is 56.0 Å². The Morgan fingerprint density at radius 3 is 2.58 bits per heavy atom. The van der Waals surface area contributed by atoms with E-state index < -0.39 is 0 Å². The smallest absolute Gasteiger partial charge is 0.121 e. The molecule has 0 aliphatic carbocycles. The number of rotatable bonds is 11. The molecule has 2 N–H and O–H groups in total. The Kier molecular flexibility index (Phi) is 8.33. The third kappa shape index (κ3) is 6.71. The molecule has 0 heterocycles. The van der Waals surface area contributed by atoms with E-state index in [4.69, 9.17) is 16.3 Å². The molecule has 4 heteroatoms. The normalized spacial score (nSPS) is 10.4. The summed E-state index contributed by atoms with van der Waals surface area (Å²) >= 11 is 6.12. The van der Waals surface area contributed by atoms with Crippen LogP contribution in [0.5, 0.6) is 5.75 Å². The van der Waals surface area contributed by atoms with Crippen molar-refractivity contribution in [1.29, 1.82) is 0 Å². The Balaban J connectivity index is 1.69. The lowest BCUT2D eigenvalue weighted by atomic mass is 10.2. The van der Waals surface area contributed by atoms with Gasteiger partial charge in [-0.3, -0.25) is 0 Å². The van der Waals surface area contributed by atoms with E-state index in [1.807, 2.05) is 36.4 Å². The molecule has 2 aromatic carbocycles. The summed E-state index contributed by atoms with van der Waals surface area (Å²) in [6.45, 7) is 4.62. The lowest BCUT2D eigenvalue weighted by Crippen LogP contribution is -2.13. The highest BCUT2D eigenvalue weighted by atomic mass is 35.5. The number of para-hydroxylation sites is 1. The van der Waals surface area contributed by atoms with Crippen molar-refractivity contribution in [3.05, 3.63) is 53.6 Å². The van der Waals surface area contributed by atoms with Crippen LogP contribution in [0.2, 0.25) is 5.02 Å². The van der Waals surface area contributed by atoms with Crippen molar-refractivity contribution in [3.63, 3.8) is 0 Å². The van der Waals surface area contributed by atoms with Gasteiger partial charge in [0.15, 0.2) is 0 Å². The van der Waals surface area contributed by atoms with Gasteiger partial charge in [0.1, 0.15) is 5.75 Å². The highest BCUT2D eigenvalue weighted by Crippen LogP contribution is 2.20. The first-order valence-corrected chi connectivity index (χ1v) is 9.12. The highest BCUT2D eigenvalue weighted by molar-refractivity contribution is 6.33. The van der Waals surface area contributed by atoms with E-state index in [-0.39, 0.29) is 0 Å². The second-order valence-electron chi connectivity index (χ2n) is 5.77. The first-order chi connectivity index (χ1) is 11.8. The Morgan fingerprint density at radius 2 is 1.75 bits per heavy atom. The monoisotopic (exact) mass is 346 g/mol. The second-order valence-corrected chi connectivity index (χ2v) is 6.18. The zero-order valence-corrected chi connectivity index (χ0v) is 15.1. The lowest BCUT2D eigenvalue weighted by molar-refractivity contribution is 0.305. The van der Waals surface area contributed by atoms with Gasteiger partial charge >= 0.3 is 0 Å². The van der Waals surface area contributed by atoms with Crippen LogP contribution in [0.4, 0.5) is 11.4 Å². The maximum absolute atomic E-state index is 6.12. The second kappa shape index (κ2) is 10.8. The van der Waals surface area contributed by atoms with Gasteiger partial charge in [0.25, 0.3) is 0 Å². The van der Waals surface area contributed by atoms with Gasteiger partial charge in [-0.05, 0) is 30.7 Å². The minimum Gasteiger partial charge on any atom is -0.494 e. The molecule has 0 aromatic heterocycles. The van der Waals surface area contributed by atoms with Crippen LogP contribution >= 0.6 is 11.6 Å². The Hall–Kier alpha value is -1.87. The summed E-state index contributed by atoms with van der Waals surface area (Å²) in [6, 6.07) is 15.9. The zero-order chi connectivity index (χ0) is 17.0. The first-order valence-electron chi connectivity index (χ1n) is 8.74. The third-order valence-corrected chi connectivity index (χ3v) is 4.07. The largest absolute Gasteiger partial charge is 0.494 e. The molecule has 0 fully saturated rings. The topological polar surface area (TPSA) is 33.3 Å². The molecule has 0 unspecified atom stereocenters. The molecule has 2 rings (SSSR count). The fourth-order valence-corrected chi connectivity index (χ4v) is 2.63. The summed E-state index contributed by atoms with van der Waals surface area (Å²) in [7, 11) is 0. The van der Waals surface area contributed by atoms with E-state index in [0.717, 1.165) is 48.3 Å². The van der Waals surface area contributed by atoms with Crippen molar-refractivity contribution >= 4 is 23.0 Å². The van der Waals surface area contributed by atoms with Crippen LogP contribution in [0.1, 0.15) is 32.6 Å². The SMILES string of the molecule is CCCCCCOc1cccc(NCCNc2ccccc2Cl)c1. The summed E-state index contributed by atoms with van der Waals surface area (Å²) in [5, 5.41) is 7.47. The van der Waals surface area contributed by atoms with E-state index in [9.17, 15) is 0 Å². The van der Waals surface area contributed by atoms with E-state index >= 15 is 0 Å². The maximum atomic E-state index is 6.12. The molecule has 0 amide bonds. The van der Waals surface area contributed by atoms with Gasteiger partial charge < -0.3 is 15.4 Å². The van der Waals surface area contributed by atoms with Gasteiger partial charge in [-0.25, -0.2) is 0 Å². The third-order valence-electron chi connectivity index (χ3n) is 3.74. The van der Waals surface area contributed by atoms with Crippen LogP contribution < -0.4 is 15.4 Å². The number of halogens is 1. The van der Waals surface area contributed by atoms with Crippen molar-refractivity contribution in [2.24, 2.45) is 0 Å². The molecule has 3 nitrogen and oxygen atoms in total. The average Bonchev–Trinajstić information content (AvgIpc) is 2.60. The molecule has 0 aliphatic heterocycles. The van der Waals surface area contributed by atoms with Crippen molar-refractivity contribution in [3.8, 4) is 5.75 Å². The van der Waals surface area contributed by atoms with Gasteiger partial charge in [0, 0.05) is 24.8 Å². The number of hydrogen-bond donors (Lipinski definition) is 2. The van der Waals surface area contributed by atoms with Crippen LogP contribution in [0, 0.1) is 0 Å². The Labute approximate surface area is 150 Å². The molecule has 0 bridgehead atoms. The molecule has 0 spiro atoms. The van der Waals surface area contributed by atoms with E-state index in [1.165, 1.54) is 19.3 Å². The van der Waals surface area contributed by atoms with Crippen molar-refractivity contribution in [2.45, 2.75) is 32.6 Å². The minimum absolute atomic E-state index is 0.746. The Bertz CT molecular complexity index is 604. The summed E-state index contributed by atoms with van der Waals surface area (Å²) in [4.78, 5) is 0. The lowest BCUT2D eigenvalue weighted by Gasteiger charge is -2.11. The molecule has 24 heavy (non-hydrogen) atoms. The summed E-state index contributed by atoms with van der Waals surface area (Å²) < 4.78 is 5.81. The molecule has 0 saturated heterocycles. The van der Waals surface area contributed by atoms with Crippen LogP contribution in [0.15, 0.2) is 48.5 Å². The number of nitrogens with one attached hydrogen (secondary N) is 2. The van der Waals surface area contributed by atoms with Crippen molar-refractivity contribution in [1.82, 2.24) is 0 Å². The molecule has 0 saturated carbocycles. The Morgan fingerprint density at radius 1 is 0.917 bits per heavy atom. The predicted octanol–water partition coefficient (Wildman–Crippen LogP) is 5.82. The van der Waals surface area contributed by atoms with Crippen LogP contribution in [0.3, 0.4) is 0 Å². The fourth-order valence-electron chi connectivity index (χ4n) is 2.42. The van der Waals surface area contributed by atoms with E-state index in [2.05, 4.69) is 29.7 Å². The molecular weight excluding hydrogens is 320 g/mol. The number of benzene rings is 2. The summed E-state index contributed by atoms with van der Waals surface area (Å²) in [5.74, 6) is 0.926. The summed E-state index contributed by atoms with van der Waals surface area (Å²) in [6.07, 6.45) is 4.89. The molecule has 0 radical (unpaired) electrons. The maximum Gasteiger partial charge on any atom is 0.121 e. The number of anilines is 2. The van der Waals surface area contributed by atoms with Gasteiger partial charge in [-0.15, -0.1) is 0 Å². The van der Waals surface area contributed by atoms with Crippen molar-refractivity contribution in [2.75, 3.05) is 30.3 Å². The van der Waals surface area contributed by atoms with Crippen LogP contribution in [-0.4, -0.2) is 19.7 Å². The number of hydrogen-bond acceptors (Lipinski definition) is 3. The van der Waals surface area contributed by atoms with Crippen molar-refractivity contribution < 1.29 is 4.74 Å². The standard InChI is InChI=1S/C20H27ClN2O/c1-2-3-4-7-15-24-18-10-8-9-17(16-18)22-13-14-23-20-12-6-5-11-19(20)21/h5-6,8-12,16,22-23H,2-4,7,13-15H2,1H3. The minimum atomic E-state index is 0.746. The first kappa shape index (κ1) is 18.5. The molecular formula is C20H27ClN2O. The molecule has 130 valence electrons. The van der Waals surface area contributed by atoms with E-state index in [1.54, 1.807) is 0 Å². The average molecular weight is 347 g/mol. The summed E-state index contributed by atoms with van der Waals surface area (Å²) in [5.41, 5.74) is 2.03. The number of ether oxygens (including phenoxy) is 1. The van der Waals surface area contributed by atoms with Gasteiger partial charge in [0.2, 0.25) is 0 Å². The fraction of sp³-hybridized carbons (Fsp3) is 0.400. The van der Waals surface area contributed by atoms with Gasteiger partial charge in [0.05, 0.1) is 17.3 Å².